The average molecular weight is 322 g/mol. The molecule has 3 nitrogen and oxygen atoms in total. The number of aliphatic hydroxyl groups excluding tert-OH is 1. The van der Waals surface area contributed by atoms with Gasteiger partial charge in [-0.15, -0.1) is 0 Å². The van der Waals surface area contributed by atoms with E-state index in [1.165, 1.54) is 5.57 Å². The van der Waals surface area contributed by atoms with Crippen LogP contribution in [-0.4, -0.2) is 28.2 Å². The summed E-state index contributed by atoms with van der Waals surface area (Å²) in [6.07, 6.45) is 6.92. The Morgan fingerprint density at radius 2 is 1.91 bits per heavy atom. The fourth-order valence-corrected chi connectivity index (χ4v) is 5.60. The highest BCUT2D eigenvalue weighted by atomic mass is 16.3. The summed E-state index contributed by atoms with van der Waals surface area (Å²) in [4.78, 5) is 12.4. The van der Waals surface area contributed by atoms with Crippen LogP contribution in [0, 0.1) is 22.7 Å². The van der Waals surface area contributed by atoms with Gasteiger partial charge in [-0.1, -0.05) is 32.4 Å². The molecule has 0 aromatic carbocycles. The van der Waals surface area contributed by atoms with Crippen LogP contribution in [0.25, 0.3) is 0 Å². The SMILES string of the molecule is C/C(=C\CO)CC[C@H]1[C@@]2(C)CCC(=O)C(C)(C)[C@H]2CC[C@]1(C)O. The summed E-state index contributed by atoms with van der Waals surface area (Å²) in [7, 11) is 0. The zero-order valence-electron chi connectivity index (χ0n) is 15.5. The predicted octanol–water partition coefficient (Wildman–Crippen LogP) is 3.88. The van der Waals surface area contributed by atoms with Crippen molar-refractivity contribution in [3.63, 3.8) is 0 Å². The molecule has 0 aromatic rings. The largest absolute Gasteiger partial charge is 0.392 e. The first-order chi connectivity index (χ1) is 10.6. The van der Waals surface area contributed by atoms with Crippen LogP contribution < -0.4 is 0 Å². The number of carbonyl (C=O) groups excluding carboxylic acids is 1. The van der Waals surface area contributed by atoms with Gasteiger partial charge in [-0.05, 0) is 63.2 Å². The Morgan fingerprint density at radius 3 is 2.52 bits per heavy atom. The van der Waals surface area contributed by atoms with Crippen LogP contribution in [-0.2, 0) is 4.79 Å². The molecule has 2 rings (SSSR count). The maximum atomic E-state index is 12.4. The second kappa shape index (κ2) is 6.33. The van der Waals surface area contributed by atoms with Crippen molar-refractivity contribution in [3.05, 3.63) is 11.6 Å². The molecule has 0 amide bonds. The van der Waals surface area contributed by atoms with E-state index in [0.717, 1.165) is 32.1 Å². The number of Topliss-reactive ketones (excluding diaryl/α,β-unsaturated/α-hetero) is 1. The van der Waals surface area contributed by atoms with Gasteiger partial charge >= 0.3 is 0 Å². The van der Waals surface area contributed by atoms with Gasteiger partial charge in [0.05, 0.1) is 12.2 Å². The smallest absolute Gasteiger partial charge is 0.138 e. The quantitative estimate of drug-likeness (QED) is 0.772. The zero-order valence-corrected chi connectivity index (χ0v) is 15.5. The molecule has 2 aliphatic carbocycles. The third-order valence-electron chi connectivity index (χ3n) is 7.03. The summed E-state index contributed by atoms with van der Waals surface area (Å²) < 4.78 is 0. The number of rotatable bonds is 4. The van der Waals surface area contributed by atoms with Gasteiger partial charge in [-0.2, -0.15) is 0 Å². The summed E-state index contributed by atoms with van der Waals surface area (Å²) in [5.41, 5.74) is 0.248. The van der Waals surface area contributed by atoms with Crippen LogP contribution in [0.15, 0.2) is 11.6 Å². The minimum atomic E-state index is -0.665. The molecule has 0 aliphatic heterocycles. The van der Waals surface area contributed by atoms with Crippen LogP contribution in [0.5, 0.6) is 0 Å². The van der Waals surface area contributed by atoms with Crippen molar-refractivity contribution in [2.45, 2.75) is 78.7 Å². The Labute approximate surface area is 141 Å². The number of aliphatic hydroxyl groups is 2. The second-order valence-electron chi connectivity index (χ2n) is 8.92. The van der Waals surface area contributed by atoms with Gasteiger partial charge in [0.2, 0.25) is 0 Å². The number of hydrogen-bond donors (Lipinski definition) is 2. The fraction of sp³-hybridized carbons (Fsp3) is 0.850. The second-order valence-corrected chi connectivity index (χ2v) is 8.92. The molecule has 2 saturated carbocycles. The Bertz CT molecular complexity index is 489. The van der Waals surface area contributed by atoms with E-state index in [9.17, 15) is 9.90 Å². The summed E-state index contributed by atoms with van der Waals surface area (Å²) in [5.74, 6) is 0.934. The number of carbonyl (C=O) groups is 1. The van der Waals surface area contributed by atoms with Crippen molar-refractivity contribution in [2.75, 3.05) is 6.61 Å². The lowest BCUT2D eigenvalue weighted by molar-refractivity contribution is -0.177. The van der Waals surface area contributed by atoms with Gasteiger partial charge in [0, 0.05) is 11.8 Å². The number of ketones is 1. The maximum absolute atomic E-state index is 12.4. The molecule has 2 fully saturated rings. The molecule has 0 saturated heterocycles. The van der Waals surface area contributed by atoms with Crippen LogP contribution in [0.3, 0.4) is 0 Å². The third kappa shape index (κ3) is 3.28. The zero-order chi connectivity index (χ0) is 17.5. The lowest BCUT2D eigenvalue weighted by Crippen LogP contribution is -2.59. The first-order valence-electron chi connectivity index (χ1n) is 9.08. The maximum Gasteiger partial charge on any atom is 0.138 e. The Hall–Kier alpha value is -0.670. The van der Waals surface area contributed by atoms with Crippen molar-refractivity contribution in [2.24, 2.45) is 22.7 Å². The van der Waals surface area contributed by atoms with E-state index >= 15 is 0 Å². The Balaban J connectivity index is 2.29. The molecular formula is C20H34O3. The van der Waals surface area contributed by atoms with Gasteiger partial charge in [0.15, 0.2) is 0 Å². The van der Waals surface area contributed by atoms with Crippen LogP contribution in [0.1, 0.15) is 73.1 Å². The highest BCUT2D eigenvalue weighted by molar-refractivity contribution is 5.85. The number of allylic oxidation sites excluding steroid dienone is 1. The topological polar surface area (TPSA) is 57.5 Å². The first kappa shape index (κ1) is 18.7. The van der Waals surface area contributed by atoms with Gasteiger partial charge in [-0.3, -0.25) is 4.79 Å². The van der Waals surface area contributed by atoms with E-state index in [4.69, 9.17) is 5.11 Å². The molecule has 132 valence electrons. The molecule has 23 heavy (non-hydrogen) atoms. The first-order valence-corrected chi connectivity index (χ1v) is 9.08. The summed E-state index contributed by atoms with van der Waals surface area (Å²) in [6.45, 7) is 10.6. The normalized spacial score (nSPS) is 40.8. The standard InChI is InChI=1S/C20H34O3/c1-14(10-13-21)6-7-16-19(4)11-9-17(22)18(2,3)15(19)8-12-20(16,5)23/h10,15-16,21,23H,6-9,11-13H2,1-5H3/b14-10+/t15-,16+,19+,20+/m1/s1. The molecule has 0 bridgehead atoms. The van der Waals surface area contributed by atoms with Crippen molar-refractivity contribution in [3.8, 4) is 0 Å². The molecular weight excluding hydrogens is 288 g/mol. The van der Waals surface area contributed by atoms with Gasteiger partial charge < -0.3 is 10.2 Å². The summed E-state index contributed by atoms with van der Waals surface area (Å²) >= 11 is 0. The van der Waals surface area contributed by atoms with Crippen molar-refractivity contribution in [1.82, 2.24) is 0 Å². The van der Waals surface area contributed by atoms with Gasteiger partial charge in [0.1, 0.15) is 5.78 Å². The molecule has 4 atom stereocenters. The fourth-order valence-electron chi connectivity index (χ4n) is 5.60. The highest BCUT2D eigenvalue weighted by Gasteiger charge is 2.59. The molecule has 0 aromatic heterocycles. The lowest BCUT2D eigenvalue weighted by atomic mass is 9.45. The molecule has 2 N–H and O–H groups in total. The average Bonchev–Trinajstić information content (AvgIpc) is 2.42. The predicted molar refractivity (Wildman–Crippen MR) is 93.0 cm³/mol. The monoisotopic (exact) mass is 322 g/mol. The highest BCUT2D eigenvalue weighted by Crippen LogP contribution is 2.62. The Morgan fingerprint density at radius 1 is 1.26 bits per heavy atom. The molecule has 0 heterocycles. The van der Waals surface area contributed by atoms with Gasteiger partial charge in [-0.25, -0.2) is 0 Å². The lowest BCUT2D eigenvalue weighted by Gasteiger charge is -2.60. The molecule has 0 radical (unpaired) electrons. The van der Waals surface area contributed by atoms with E-state index in [1.807, 2.05) is 19.9 Å². The van der Waals surface area contributed by atoms with E-state index in [0.29, 0.717) is 18.1 Å². The van der Waals surface area contributed by atoms with Crippen molar-refractivity contribution >= 4 is 5.78 Å². The van der Waals surface area contributed by atoms with Gasteiger partial charge in [0.25, 0.3) is 0 Å². The van der Waals surface area contributed by atoms with Crippen LogP contribution >= 0.6 is 0 Å². The van der Waals surface area contributed by atoms with E-state index < -0.39 is 5.60 Å². The van der Waals surface area contributed by atoms with Crippen molar-refractivity contribution in [1.29, 1.82) is 0 Å². The molecule has 0 unspecified atom stereocenters. The van der Waals surface area contributed by atoms with E-state index in [-0.39, 0.29) is 23.4 Å². The van der Waals surface area contributed by atoms with E-state index in [1.54, 1.807) is 0 Å². The van der Waals surface area contributed by atoms with Crippen molar-refractivity contribution < 1.29 is 15.0 Å². The van der Waals surface area contributed by atoms with E-state index in [2.05, 4.69) is 20.8 Å². The summed E-state index contributed by atoms with van der Waals surface area (Å²) in [5, 5.41) is 20.1. The number of fused-ring (bicyclic) bond motifs is 1. The number of hydrogen-bond acceptors (Lipinski definition) is 3. The Kier molecular flexibility index (Phi) is 5.13. The molecule has 0 spiro atoms. The van der Waals surface area contributed by atoms with Crippen LogP contribution in [0.4, 0.5) is 0 Å². The molecule has 3 heteroatoms. The third-order valence-corrected chi connectivity index (χ3v) is 7.03. The minimum Gasteiger partial charge on any atom is -0.392 e. The van der Waals surface area contributed by atoms with Crippen LogP contribution in [0.2, 0.25) is 0 Å². The minimum absolute atomic E-state index is 0.0126. The summed E-state index contributed by atoms with van der Waals surface area (Å²) in [6, 6.07) is 0. The molecule has 2 aliphatic rings.